The minimum Gasteiger partial charge on any atom is -0.314 e. The summed E-state index contributed by atoms with van der Waals surface area (Å²) in [6.45, 7) is 3.08. The first-order valence-electron chi connectivity index (χ1n) is 6.17. The SMILES string of the molecule is CNC1(C)CCN(S(=O)(=O)c2c(Cl)cnn2C)CC1. The van der Waals surface area contributed by atoms with Crippen LogP contribution >= 0.6 is 11.6 Å². The van der Waals surface area contributed by atoms with Crippen molar-refractivity contribution >= 4 is 21.6 Å². The van der Waals surface area contributed by atoms with Crippen molar-refractivity contribution in [2.75, 3.05) is 20.1 Å². The summed E-state index contributed by atoms with van der Waals surface area (Å²) in [5, 5.41) is 7.38. The molecule has 0 aliphatic carbocycles. The first-order chi connectivity index (χ1) is 8.80. The van der Waals surface area contributed by atoms with Gasteiger partial charge < -0.3 is 5.32 Å². The Bertz CT molecular complexity index is 542. The van der Waals surface area contributed by atoms with E-state index in [4.69, 9.17) is 11.6 Å². The third-order valence-corrected chi connectivity index (χ3v) is 6.26. The quantitative estimate of drug-likeness (QED) is 0.898. The monoisotopic (exact) mass is 306 g/mol. The molecule has 0 saturated carbocycles. The van der Waals surface area contributed by atoms with Crippen molar-refractivity contribution < 1.29 is 8.42 Å². The van der Waals surface area contributed by atoms with Crippen LogP contribution in [0.2, 0.25) is 5.02 Å². The van der Waals surface area contributed by atoms with Gasteiger partial charge in [-0.15, -0.1) is 0 Å². The van der Waals surface area contributed by atoms with Crippen molar-refractivity contribution in [2.45, 2.75) is 30.3 Å². The Morgan fingerprint density at radius 2 is 2.00 bits per heavy atom. The molecule has 0 aromatic carbocycles. The molecule has 2 heterocycles. The fourth-order valence-electron chi connectivity index (χ4n) is 2.28. The minimum absolute atomic E-state index is 0.00226. The fourth-order valence-corrected chi connectivity index (χ4v) is 4.33. The van der Waals surface area contributed by atoms with Crippen molar-refractivity contribution in [3.05, 3.63) is 11.2 Å². The zero-order valence-corrected chi connectivity index (χ0v) is 12.9. The molecule has 0 amide bonds. The molecule has 0 radical (unpaired) electrons. The van der Waals surface area contributed by atoms with Crippen LogP contribution in [0.15, 0.2) is 11.2 Å². The highest BCUT2D eigenvalue weighted by Crippen LogP contribution is 2.28. The molecule has 0 unspecified atom stereocenters. The molecule has 19 heavy (non-hydrogen) atoms. The lowest BCUT2D eigenvalue weighted by molar-refractivity contribution is 0.219. The van der Waals surface area contributed by atoms with E-state index in [-0.39, 0.29) is 15.6 Å². The number of halogens is 1. The average molecular weight is 307 g/mol. The van der Waals surface area contributed by atoms with Gasteiger partial charge in [0.2, 0.25) is 0 Å². The van der Waals surface area contributed by atoms with Gasteiger partial charge in [0.1, 0.15) is 0 Å². The van der Waals surface area contributed by atoms with Gasteiger partial charge in [-0.25, -0.2) is 8.42 Å². The van der Waals surface area contributed by atoms with Crippen molar-refractivity contribution in [3.63, 3.8) is 0 Å². The van der Waals surface area contributed by atoms with E-state index < -0.39 is 10.0 Å². The Hall–Kier alpha value is -0.630. The van der Waals surface area contributed by atoms with E-state index >= 15 is 0 Å². The van der Waals surface area contributed by atoms with E-state index in [9.17, 15) is 8.42 Å². The predicted octanol–water partition coefficient (Wildman–Crippen LogP) is 0.836. The molecule has 1 aromatic rings. The third kappa shape index (κ3) is 2.65. The maximum atomic E-state index is 12.5. The van der Waals surface area contributed by atoms with E-state index in [1.165, 1.54) is 15.2 Å². The number of hydrogen-bond donors (Lipinski definition) is 1. The number of aromatic nitrogens is 2. The third-order valence-electron chi connectivity index (χ3n) is 3.86. The van der Waals surface area contributed by atoms with Gasteiger partial charge in [0.05, 0.1) is 11.2 Å². The van der Waals surface area contributed by atoms with Crippen molar-refractivity contribution in [1.29, 1.82) is 0 Å². The molecule has 0 atom stereocenters. The largest absolute Gasteiger partial charge is 0.314 e. The second-order valence-electron chi connectivity index (χ2n) is 5.14. The van der Waals surface area contributed by atoms with E-state index in [0.29, 0.717) is 13.1 Å². The van der Waals surface area contributed by atoms with Crippen LogP contribution in [-0.4, -0.2) is 48.2 Å². The molecule has 1 saturated heterocycles. The highest BCUT2D eigenvalue weighted by Gasteiger charge is 2.36. The molecule has 1 aromatic heterocycles. The summed E-state index contributed by atoms with van der Waals surface area (Å²) in [4.78, 5) is 0. The van der Waals surface area contributed by atoms with Crippen molar-refractivity contribution in [1.82, 2.24) is 19.4 Å². The highest BCUT2D eigenvalue weighted by molar-refractivity contribution is 7.89. The zero-order valence-electron chi connectivity index (χ0n) is 11.4. The molecule has 1 fully saturated rings. The molecule has 108 valence electrons. The molecule has 6 nitrogen and oxygen atoms in total. The molecular weight excluding hydrogens is 288 g/mol. The summed E-state index contributed by atoms with van der Waals surface area (Å²) in [5.74, 6) is 0. The molecular formula is C11H19ClN4O2S. The summed E-state index contributed by atoms with van der Waals surface area (Å²) in [6, 6.07) is 0. The Kier molecular flexibility index (Phi) is 3.92. The zero-order chi connectivity index (χ0) is 14.3. The topological polar surface area (TPSA) is 67.2 Å². The lowest BCUT2D eigenvalue weighted by Crippen LogP contribution is -2.51. The number of nitrogens with zero attached hydrogens (tertiary/aromatic N) is 3. The van der Waals surface area contributed by atoms with Crippen LogP contribution < -0.4 is 5.32 Å². The van der Waals surface area contributed by atoms with Crippen LogP contribution in [0.5, 0.6) is 0 Å². The summed E-state index contributed by atoms with van der Waals surface area (Å²) < 4.78 is 27.9. The van der Waals surface area contributed by atoms with Crippen LogP contribution in [0.1, 0.15) is 19.8 Å². The first kappa shape index (κ1) is 14.8. The molecule has 8 heteroatoms. The van der Waals surface area contributed by atoms with E-state index in [1.54, 1.807) is 7.05 Å². The summed E-state index contributed by atoms with van der Waals surface area (Å²) >= 11 is 5.93. The number of nitrogens with one attached hydrogen (secondary N) is 1. The minimum atomic E-state index is -3.56. The first-order valence-corrected chi connectivity index (χ1v) is 7.98. The molecule has 1 N–H and O–H groups in total. The highest BCUT2D eigenvalue weighted by atomic mass is 35.5. The van der Waals surface area contributed by atoms with Gasteiger partial charge in [-0.05, 0) is 26.8 Å². The number of hydrogen-bond acceptors (Lipinski definition) is 4. The van der Waals surface area contributed by atoms with Gasteiger partial charge in [0.25, 0.3) is 10.0 Å². The van der Waals surface area contributed by atoms with E-state index in [2.05, 4.69) is 17.3 Å². The van der Waals surface area contributed by atoms with Crippen molar-refractivity contribution in [3.8, 4) is 0 Å². The van der Waals surface area contributed by atoms with Crippen molar-refractivity contribution in [2.24, 2.45) is 7.05 Å². The number of aryl methyl sites for hydroxylation is 1. The van der Waals surface area contributed by atoms with Crippen LogP contribution in [-0.2, 0) is 17.1 Å². The van der Waals surface area contributed by atoms with Crippen LogP contribution in [0, 0.1) is 0 Å². The average Bonchev–Trinajstić information content (AvgIpc) is 2.70. The predicted molar refractivity (Wildman–Crippen MR) is 73.7 cm³/mol. The Balaban J connectivity index is 2.24. The maximum absolute atomic E-state index is 12.5. The molecule has 0 bridgehead atoms. The lowest BCUT2D eigenvalue weighted by Gasteiger charge is -2.38. The van der Waals surface area contributed by atoms with Crippen LogP contribution in [0.3, 0.4) is 0 Å². The Morgan fingerprint density at radius 3 is 2.42 bits per heavy atom. The van der Waals surface area contributed by atoms with Gasteiger partial charge in [0, 0.05) is 25.7 Å². The summed E-state index contributed by atoms with van der Waals surface area (Å²) in [6.07, 6.45) is 2.91. The number of piperidine rings is 1. The van der Waals surface area contributed by atoms with Gasteiger partial charge >= 0.3 is 0 Å². The standard InChI is InChI=1S/C11H19ClN4O2S/c1-11(13-2)4-6-16(7-5-11)19(17,18)10-9(12)8-14-15(10)3/h8,13H,4-7H2,1-3H3. The molecule has 2 rings (SSSR count). The maximum Gasteiger partial charge on any atom is 0.261 e. The molecule has 0 spiro atoms. The van der Waals surface area contributed by atoms with E-state index in [1.807, 2.05) is 7.05 Å². The van der Waals surface area contributed by atoms with Gasteiger partial charge in [-0.2, -0.15) is 9.40 Å². The smallest absolute Gasteiger partial charge is 0.261 e. The van der Waals surface area contributed by atoms with Gasteiger partial charge in [-0.3, -0.25) is 4.68 Å². The second-order valence-corrected chi connectivity index (χ2v) is 7.40. The summed E-state index contributed by atoms with van der Waals surface area (Å²) in [5.41, 5.74) is 0.00226. The number of sulfonamides is 1. The van der Waals surface area contributed by atoms with Crippen LogP contribution in [0.4, 0.5) is 0 Å². The fraction of sp³-hybridized carbons (Fsp3) is 0.727. The summed E-state index contributed by atoms with van der Waals surface area (Å²) in [7, 11) is -0.0757. The van der Waals surface area contributed by atoms with E-state index in [0.717, 1.165) is 12.8 Å². The Labute approximate surface area is 118 Å². The Morgan fingerprint density at radius 1 is 1.42 bits per heavy atom. The number of rotatable bonds is 3. The van der Waals surface area contributed by atoms with Gasteiger partial charge in [0.15, 0.2) is 5.03 Å². The normalized spacial score (nSPS) is 20.6. The molecule has 1 aliphatic rings. The van der Waals surface area contributed by atoms with Crippen LogP contribution in [0.25, 0.3) is 0 Å². The molecule has 1 aliphatic heterocycles. The van der Waals surface area contributed by atoms with Gasteiger partial charge in [-0.1, -0.05) is 11.6 Å². The second kappa shape index (κ2) is 5.05. The lowest BCUT2D eigenvalue weighted by atomic mass is 9.91.